The number of hydrogen-bond donors (Lipinski definition) is 3. The summed E-state index contributed by atoms with van der Waals surface area (Å²) in [5.74, 6) is -1.40. The lowest BCUT2D eigenvalue weighted by molar-refractivity contribution is -0.141. The Morgan fingerprint density at radius 3 is 2.53 bits per heavy atom. The van der Waals surface area contributed by atoms with Gasteiger partial charge in [0, 0.05) is 13.7 Å². The fourth-order valence-corrected chi connectivity index (χ4v) is 1.44. The van der Waals surface area contributed by atoms with Gasteiger partial charge in [0.2, 0.25) is 0 Å². The van der Waals surface area contributed by atoms with Crippen molar-refractivity contribution >= 4 is 12.0 Å². The van der Waals surface area contributed by atoms with E-state index in [9.17, 15) is 9.59 Å². The number of carbonyl (C=O) groups is 2. The van der Waals surface area contributed by atoms with E-state index in [1.807, 2.05) is 13.8 Å². The highest BCUT2D eigenvalue weighted by Crippen LogP contribution is 2.04. The van der Waals surface area contributed by atoms with Crippen LogP contribution in [0.4, 0.5) is 4.79 Å². The van der Waals surface area contributed by atoms with E-state index in [1.54, 1.807) is 7.11 Å². The number of nitrogens with one attached hydrogen (secondary N) is 2. The average molecular weight is 246 g/mol. The molecule has 0 heterocycles. The predicted molar refractivity (Wildman–Crippen MR) is 63.9 cm³/mol. The summed E-state index contributed by atoms with van der Waals surface area (Å²) in [6.07, 6.45) is 1.34. The molecular weight excluding hydrogens is 224 g/mol. The standard InChI is InChI=1S/C11H22N2O4/c1-4-5-9(10(14)15)6-12-11(16)13-8(2)7-17-3/h8-9H,4-7H2,1-3H3,(H,14,15)(H2,12,13,16). The quantitative estimate of drug-likeness (QED) is 0.591. The maximum atomic E-state index is 11.4. The molecule has 2 amide bonds. The van der Waals surface area contributed by atoms with Crippen LogP contribution in [0.25, 0.3) is 0 Å². The Bertz CT molecular complexity index is 246. The van der Waals surface area contributed by atoms with Gasteiger partial charge in [-0.2, -0.15) is 0 Å². The Kier molecular flexibility index (Phi) is 8.13. The van der Waals surface area contributed by atoms with Crippen molar-refractivity contribution in [1.82, 2.24) is 10.6 Å². The zero-order valence-electron chi connectivity index (χ0n) is 10.7. The molecule has 100 valence electrons. The second-order valence-electron chi connectivity index (χ2n) is 4.03. The molecule has 0 radical (unpaired) electrons. The van der Waals surface area contributed by atoms with Gasteiger partial charge in [0.15, 0.2) is 0 Å². The van der Waals surface area contributed by atoms with E-state index in [1.165, 1.54) is 0 Å². The van der Waals surface area contributed by atoms with Crippen LogP contribution in [0.5, 0.6) is 0 Å². The summed E-state index contributed by atoms with van der Waals surface area (Å²) in [6, 6.07) is -0.466. The number of hydrogen-bond acceptors (Lipinski definition) is 3. The van der Waals surface area contributed by atoms with Crippen molar-refractivity contribution in [2.24, 2.45) is 5.92 Å². The van der Waals surface area contributed by atoms with Gasteiger partial charge < -0.3 is 20.5 Å². The van der Waals surface area contributed by atoms with Gasteiger partial charge in [-0.05, 0) is 13.3 Å². The van der Waals surface area contributed by atoms with Crippen molar-refractivity contribution in [1.29, 1.82) is 0 Å². The number of amides is 2. The molecule has 0 fully saturated rings. The second kappa shape index (κ2) is 8.81. The average Bonchev–Trinajstić information content (AvgIpc) is 2.23. The predicted octanol–water partition coefficient (Wildman–Crippen LogP) is 0.821. The normalized spacial score (nSPS) is 13.8. The third-order valence-corrected chi connectivity index (χ3v) is 2.29. The van der Waals surface area contributed by atoms with Gasteiger partial charge >= 0.3 is 12.0 Å². The molecule has 17 heavy (non-hydrogen) atoms. The summed E-state index contributed by atoms with van der Waals surface area (Å²) in [5, 5.41) is 14.1. The molecule has 0 bridgehead atoms. The molecule has 0 aliphatic rings. The topological polar surface area (TPSA) is 87.7 Å². The number of rotatable bonds is 8. The Balaban J connectivity index is 3.91. The van der Waals surface area contributed by atoms with Crippen LogP contribution in [0.15, 0.2) is 0 Å². The summed E-state index contributed by atoms with van der Waals surface area (Å²) >= 11 is 0. The third-order valence-electron chi connectivity index (χ3n) is 2.29. The zero-order chi connectivity index (χ0) is 13.3. The molecule has 0 saturated carbocycles. The molecule has 0 aromatic carbocycles. The molecule has 6 nitrogen and oxygen atoms in total. The zero-order valence-corrected chi connectivity index (χ0v) is 10.7. The van der Waals surface area contributed by atoms with Crippen LogP contribution in [0, 0.1) is 5.92 Å². The Morgan fingerprint density at radius 1 is 1.41 bits per heavy atom. The van der Waals surface area contributed by atoms with Gasteiger partial charge in [0.05, 0.1) is 18.6 Å². The minimum atomic E-state index is -0.878. The van der Waals surface area contributed by atoms with E-state index in [0.29, 0.717) is 13.0 Å². The van der Waals surface area contributed by atoms with Gasteiger partial charge in [-0.15, -0.1) is 0 Å². The van der Waals surface area contributed by atoms with E-state index in [4.69, 9.17) is 9.84 Å². The van der Waals surface area contributed by atoms with Crippen LogP contribution >= 0.6 is 0 Å². The minimum absolute atomic E-state index is 0.102. The van der Waals surface area contributed by atoms with Crippen LogP contribution in [0.2, 0.25) is 0 Å². The van der Waals surface area contributed by atoms with Gasteiger partial charge in [0.1, 0.15) is 0 Å². The van der Waals surface area contributed by atoms with E-state index in [-0.39, 0.29) is 18.6 Å². The first-order valence-corrected chi connectivity index (χ1v) is 5.77. The Hall–Kier alpha value is -1.30. The van der Waals surface area contributed by atoms with Crippen molar-refractivity contribution in [2.75, 3.05) is 20.3 Å². The molecule has 6 heteroatoms. The molecule has 0 aromatic heterocycles. The minimum Gasteiger partial charge on any atom is -0.481 e. The van der Waals surface area contributed by atoms with Crippen molar-refractivity contribution < 1.29 is 19.4 Å². The summed E-state index contributed by atoms with van der Waals surface area (Å²) in [7, 11) is 1.55. The fraction of sp³-hybridized carbons (Fsp3) is 0.818. The molecule has 0 rings (SSSR count). The van der Waals surface area contributed by atoms with Crippen molar-refractivity contribution in [2.45, 2.75) is 32.7 Å². The lowest BCUT2D eigenvalue weighted by Crippen LogP contribution is -2.44. The second-order valence-corrected chi connectivity index (χ2v) is 4.03. The third kappa shape index (κ3) is 7.57. The van der Waals surface area contributed by atoms with Crippen LogP contribution in [0.3, 0.4) is 0 Å². The first-order chi connectivity index (χ1) is 8.01. The molecule has 2 unspecified atom stereocenters. The van der Waals surface area contributed by atoms with E-state index >= 15 is 0 Å². The maximum absolute atomic E-state index is 11.4. The summed E-state index contributed by atoms with van der Waals surface area (Å²) in [4.78, 5) is 22.2. The van der Waals surface area contributed by atoms with Crippen molar-refractivity contribution in [3.8, 4) is 0 Å². The summed E-state index contributed by atoms with van der Waals surface area (Å²) in [5.41, 5.74) is 0. The number of urea groups is 1. The lowest BCUT2D eigenvalue weighted by atomic mass is 10.0. The highest BCUT2D eigenvalue weighted by molar-refractivity contribution is 5.76. The summed E-state index contributed by atoms with van der Waals surface area (Å²) < 4.78 is 4.87. The number of carboxylic acid groups (broad SMARTS) is 1. The SMILES string of the molecule is CCCC(CNC(=O)NC(C)COC)C(=O)O. The van der Waals surface area contributed by atoms with Crippen LogP contribution in [0.1, 0.15) is 26.7 Å². The lowest BCUT2D eigenvalue weighted by Gasteiger charge is -2.16. The number of carbonyl (C=O) groups excluding carboxylic acids is 1. The molecule has 0 aliphatic carbocycles. The Labute approximate surface area is 102 Å². The van der Waals surface area contributed by atoms with E-state index in [0.717, 1.165) is 6.42 Å². The molecule has 0 spiro atoms. The smallest absolute Gasteiger partial charge is 0.315 e. The van der Waals surface area contributed by atoms with E-state index in [2.05, 4.69) is 10.6 Å². The number of ether oxygens (including phenoxy) is 1. The number of aliphatic carboxylic acids is 1. The molecule has 3 N–H and O–H groups in total. The summed E-state index contributed by atoms with van der Waals surface area (Å²) in [6.45, 7) is 4.29. The molecule has 0 aromatic rings. The van der Waals surface area contributed by atoms with Gasteiger partial charge in [-0.25, -0.2) is 4.79 Å². The first kappa shape index (κ1) is 15.7. The van der Waals surface area contributed by atoms with Crippen LogP contribution in [-0.4, -0.2) is 43.4 Å². The number of carboxylic acids is 1. The van der Waals surface area contributed by atoms with Gasteiger partial charge in [0.25, 0.3) is 0 Å². The molecule has 2 atom stereocenters. The first-order valence-electron chi connectivity index (χ1n) is 5.77. The van der Waals surface area contributed by atoms with Gasteiger partial charge in [-0.1, -0.05) is 13.3 Å². The largest absolute Gasteiger partial charge is 0.481 e. The Morgan fingerprint density at radius 2 is 2.06 bits per heavy atom. The molecule has 0 saturated heterocycles. The fourth-order valence-electron chi connectivity index (χ4n) is 1.44. The maximum Gasteiger partial charge on any atom is 0.315 e. The van der Waals surface area contributed by atoms with Crippen LogP contribution in [-0.2, 0) is 9.53 Å². The van der Waals surface area contributed by atoms with Gasteiger partial charge in [-0.3, -0.25) is 4.79 Å². The molecule has 0 aliphatic heterocycles. The molecular formula is C11H22N2O4. The van der Waals surface area contributed by atoms with Crippen molar-refractivity contribution in [3.05, 3.63) is 0 Å². The van der Waals surface area contributed by atoms with Crippen molar-refractivity contribution in [3.63, 3.8) is 0 Å². The monoisotopic (exact) mass is 246 g/mol. The highest BCUT2D eigenvalue weighted by atomic mass is 16.5. The number of methoxy groups -OCH3 is 1. The highest BCUT2D eigenvalue weighted by Gasteiger charge is 2.17. The van der Waals surface area contributed by atoms with Crippen LogP contribution < -0.4 is 10.6 Å². The van der Waals surface area contributed by atoms with E-state index < -0.39 is 11.9 Å².